The van der Waals surface area contributed by atoms with Gasteiger partial charge in [0.1, 0.15) is 5.41 Å². The number of benzene rings is 1. The predicted molar refractivity (Wildman–Crippen MR) is 96.7 cm³/mol. The number of amides is 2. The van der Waals surface area contributed by atoms with Crippen molar-refractivity contribution < 1.29 is 19.1 Å². The number of hydrogen-bond donors (Lipinski definition) is 2. The lowest BCUT2D eigenvalue weighted by molar-refractivity contribution is -0.141. The van der Waals surface area contributed by atoms with E-state index in [9.17, 15) is 9.59 Å². The van der Waals surface area contributed by atoms with E-state index in [4.69, 9.17) is 9.47 Å². The van der Waals surface area contributed by atoms with Crippen molar-refractivity contribution >= 4 is 11.8 Å². The van der Waals surface area contributed by atoms with Crippen LogP contribution >= 0.6 is 0 Å². The maximum atomic E-state index is 12.4. The van der Waals surface area contributed by atoms with Crippen LogP contribution in [0.2, 0.25) is 0 Å². The van der Waals surface area contributed by atoms with Crippen LogP contribution in [0.4, 0.5) is 0 Å². The van der Waals surface area contributed by atoms with Gasteiger partial charge in [0, 0.05) is 19.6 Å². The molecule has 1 rings (SSSR count). The van der Waals surface area contributed by atoms with Gasteiger partial charge in [0.05, 0.1) is 14.2 Å². The molecule has 7 heteroatoms. The molecule has 0 aromatic heterocycles. The van der Waals surface area contributed by atoms with E-state index in [-0.39, 0.29) is 11.8 Å². The quantitative estimate of drug-likeness (QED) is 0.650. The number of likely N-dealkylation sites (N-methyl/N-ethyl adjacent to an activating group) is 1. The van der Waals surface area contributed by atoms with Crippen molar-refractivity contribution in [3.05, 3.63) is 23.8 Å². The van der Waals surface area contributed by atoms with Gasteiger partial charge in [0.2, 0.25) is 11.8 Å². The van der Waals surface area contributed by atoms with Crippen LogP contribution in [0.3, 0.4) is 0 Å². The molecule has 140 valence electrons. The number of nitrogens with one attached hydrogen (secondary N) is 2. The van der Waals surface area contributed by atoms with Crippen molar-refractivity contribution in [3.63, 3.8) is 0 Å². The van der Waals surface area contributed by atoms with Crippen LogP contribution in [-0.4, -0.2) is 58.1 Å². The zero-order chi connectivity index (χ0) is 19.0. The highest BCUT2D eigenvalue weighted by atomic mass is 16.5. The first-order valence-electron chi connectivity index (χ1n) is 8.14. The predicted octanol–water partition coefficient (Wildman–Crippen LogP) is 1.02. The summed E-state index contributed by atoms with van der Waals surface area (Å²) in [5.74, 6) is 0.594. The highest BCUT2D eigenvalue weighted by Crippen LogP contribution is 2.27. The van der Waals surface area contributed by atoms with E-state index < -0.39 is 5.41 Å². The van der Waals surface area contributed by atoms with Gasteiger partial charge in [-0.05, 0) is 45.6 Å². The fourth-order valence-electron chi connectivity index (χ4n) is 2.11. The smallest absolute Gasteiger partial charge is 0.235 e. The summed E-state index contributed by atoms with van der Waals surface area (Å²) >= 11 is 0. The standard InChI is InChI=1S/C18H29N3O4/c1-18(2,16(22)19-9-10-21(3)4)17(23)20-12-13-7-8-14(24-5)15(11-13)25-6/h7-8,11H,9-10,12H2,1-6H3,(H,19,22)(H,20,23). The Morgan fingerprint density at radius 3 is 2.20 bits per heavy atom. The SMILES string of the molecule is COc1ccc(CNC(=O)C(C)(C)C(=O)NCCN(C)C)cc1OC. The molecule has 0 unspecified atom stereocenters. The van der Waals surface area contributed by atoms with E-state index in [1.165, 1.54) is 0 Å². The van der Waals surface area contributed by atoms with Gasteiger partial charge in [-0.15, -0.1) is 0 Å². The average molecular weight is 351 g/mol. The molecular weight excluding hydrogens is 322 g/mol. The van der Waals surface area contributed by atoms with Gasteiger partial charge >= 0.3 is 0 Å². The Kier molecular flexibility index (Phi) is 7.70. The topological polar surface area (TPSA) is 79.9 Å². The Morgan fingerprint density at radius 2 is 1.64 bits per heavy atom. The van der Waals surface area contributed by atoms with Crippen LogP contribution in [-0.2, 0) is 16.1 Å². The average Bonchev–Trinajstić information content (AvgIpc) is 2.58. The lowest BCUT2D eigenvalue weighted by atomic mass is 9.91. The van der Waals surface area contributed by atoms with Crippen molar-refractivity contribution in [1.82, 2.24) is 15.5 Å². The number of rotatable bonds is 9. The van der Waals surface area contributed by atoms with E-state index >= 15 is 0 Å². The van der Waals surface area contributed by atoms with Crippen LogP contribution in [0.25, 0.3) is 0 Å². The molecule has 0 aliphatic rings. The fraction of sp³-hybridized carbons (Fsp3) is 0.556. The number of methoxy groups -OCH3 is 2. The van der Waals surface area contributed by atoms with E-state index in [1.54, 1.807) is 40.2 Å². The molecular formula is C18H29N3O4. The van der Waals surface area contributed by atoms with Crippen LogP contribution in [0.5, 0.6) is 11.5 Å². The summed E-state index contributed by atoms with van der Waals surface area (Å²) in [4.78, 5) is 26.6. The van der Waals surface area contributed by atoms with Crippen LogP contribution in [0, 0.1) is 5.41 Å². The summed E-state index contributed by atoms with van der Waals surface area (Å²) in [6.45, 7) is 4.74. The second kappa shape index (κ2) is 9.27. The molecule has 0 spiro atoms. The van der Waals surface area contributed by atoms with Crippen molar-refractivity contribution in [2.45, 2.75) is 20.4 Å². The summed E-state index contributed by atoms with van der Waals surface area (Å²) < 4.78 is 10.4. The molecule has 0 aliphatic carbocycles. The first-order chi connectivity index (χ1) is 11.7. The lowest BCUT2D eigenvalue weighted by Gasteiger charge is -2.23. The van der Waals surface area contributed by atoms with Gasteiger partial charge in [-0.3, -0.25) is 9.59 Å². The minimum Gasteiger partial charge on any atom is -0.493 e. The van der Waals surface area contributed by atoms with Gasteiger partial charge in [-0.25, -0.2) is 0 Å². The number of carbonyl (C=O) groups is 2. The third-order valence-electron chi connectivity index (χ3n) is 3.88. The molecule has 0 saturated carbocycles. The van der Waals surface area contributed by atoms with Crippen molar-refractivity contribution in [2.75, 3.05) is 41.4 Å². The van der Waals surface area contributed by atoms with E-state index in [2.05, 4.69) is 10.6 Å². The molecule has 7 nitrogen and oxygen atoms in total. The maximum Gasteiger partial charge on any atom is 0.235 e. The molecule has 0 saturated heterocycles. The third kappa shape index (κ3) is 5.94. The summed E-state index contributed by atoms with van der Waals surface area (Å²) in [6, 6.07) is 5.41. The van der Waals surface area contributed by atoms with E-state index in [1.807, 2.05) is 25.1 Å². The monoisotopic (exact) mass is 351 g/mol. The third-order valence-corrected chi connectivity index (χ3v) is 3.88. The van der Waals surface area contributed by atoms with Crippen LogP contribution in [0.15, 0.2) is 18.2 Å². The minimum absolute atomic E-state index is 0.292. The summed E-state index contributed by atoms with van der Waals surface area (Å²) in [5, 5.41) is 5.59. The molecule has 0 atom stereocenters. The fourth-order valence-corrected chi connectivity index (χ4v) is 2.11. The number of nitrogens with zero attached hydrogens (tertiary/aromatic N) is 1. The van der Waals surface area contributed by atoms with Gasteiger partial charge in [0.25, 0.3) is 0 Å². The van der Waals surface area contributed by atoms with Gasteiger partial charge in [-0.1, -0.05) is 6.07 Å². The summed E-state index contributed by atoms with van der Waals surface area (Å²) in [7, 11) is 6.97. The lowest BCUT2D eigenvalue weighted by Crippen LogP contribution is -2.48. The second-order valence-electron chi connectivity index (χ2n) is 6.56. The number of hydrogen-bond acceptors (Lipinski definition) is 5. The molecule has 0 bridgehead atoms. The van der Waals surface area contributed by atoms with Gasteiger partial charge in [0.15, 0.2) is 11.5 Å². The Hall–Kier alpha value is -2.28. The van der Waals surface area contributed by atoms with Crippen LogP contribution < -0.4 is 20.1 Å². The zero-order valence-electron chi connectivity index (χ0n) is 15.9. The van der Waals surface area contributed by atoms with E-state index in [0.29, 0.717) is 24.6 Å². The largest absolute Gasteiger partial charge is 0.493 e. The Balaban J connectivity index is 2.63. The molecule has 0 radical (unpaired) electrons. The number of carbonyl (C=O) groups excluding carboxylic acids is 2. The molecule has 0 aliphatic heterocycles. The van der Waals surface area contributed by atoms with Gasteiger partial charge in [-0.2, -0.15) is 0 Å². The normalized spacial score (nSPS) is 11.2. The molecule has 1 aromatic carbocycles. The highest BCUT2D eigenvalue weighted by Gasteiger charge is 2.35. The second-order valence-corrected chi connectivity index (χ2v) is 6.56. The highest BCUT2D eigenvalue weighted by molar-refractivity contribution is 6.04. The maximum absolute atomic E-state index is 12.4. The number of ether oxygens (including phenoxy) is 2. The summed E-state index contributed by atoms with van der Waals surface area (Å²) in [6.07, 6.45) is 0. The molecule has 0 heterocycles. The van der Waals surface area contributed by atoms with E-state index in [0.717, 1.165) is 12.1 Å². The molecule has 2 amide bonds. The molecule has 1 aromatic rings. The Morgan fingerprint density at radius 1 is 1.04 bits per heavy atom. The molecule has 0 fully saturated rings. The zero-order valence-corrected chi connectivity index (χ0v) is 15.9. The minimum atomic E-state index is -1.15. The Labute approximate surface area is 149 Å². The first-order valence-corrected chi connectivity index (χ1v) is 8.14. The summed E-state index contributed by atoms with van der Waals surface area (Å²) in [5.41, 5.74) is -0.294. The van der Waals surface area contributed by atoms with Crippen molar-refractivity contribution in [1.29, 1.82) is 0 Å². The van der Waals surface area contributed by atoms with Crippen molar-refractivity contribution in [2.24, 2.45) is 5.41 Å². The molecule has 2 N–H and O–H groups in total. The Bertz CT molecular complexity index is 600. The van der Waals surface area contributed by atoms with Crippen molar-refractivity contribution in [3.8, 4) is 11.5 Å². The van der Waals surface area contributed by atoms with Crippen LogP contribution in [0.1, 0.15) is 19.4 Å². The first kappa shape index (κ1) is 20.8. The van der Waals surface area contributed by atoms with Gasteiger partial charge < -0.3 is 25.0 Å². The molecule has 25 heavy (non-hydrogen) atoms.